The molecule has 0 bridgehead atoms. The van der Waals surface area contributed by atoms with Crippen LogP contribution in [-0.2, 0) is 25.6 Å². The predicted octanol–water partition coefficient (Wildman–Crippen LogP) is -1.09. The Bertz CT molecular complexity index is 787. The molecule has 1 aromatic heterocycles. The minimum atomic E-state index is -1.08. The summed E-state index contributed by atoms with van der Waals surface area (Å²) < 4.78 is 0. The molecule has 2 heterocycles. The minimum absolute atomic E-state index is 0.00842. The van der Waals surface area contributed by atoms with E-state index in [1.807, 2.05) is 0 Å². The molecule has 1 saturated heterocycles. The monoisotopic (exact) mass is 454 g/mol. The molecule has 0 radical (unpaired) electrons. The topological polar surface area (TPSA) is 171 Å². The zero-order valence-corrected chi connectivity index (χ0v) is 18.5. The maximum Gasteiger partial charge on any atom is 0.326 e. The molecule has 12 heteroatoms. The zero-order chi connectivity index (χ0) is 23.1. The number of carboxylic acid groups (broad SMARTS) is 1. The number of aromatic amines is 1. The van der Waals surface area contributed by atoms with Gasteiger partial charge in [-0.1, -0.05) is 13.8 Å². The van der Waals surface area contributed by atoms with Crippen LogP contribution in [0, 0.1) is 5.92 Å². The van der Waals surface area contributed by atoms with Crippen LogP contribution in [0.5, 0.6) is 0 Å². The molecule has 2 rings (SSSR count). The lowest BCUT2D eigenvalue weighted by molar-refractivity contribution is -0.149. The Balaban J connectivity index is 2.01. The number of aromatic nitrogens is 2. The van der Waals surface area contributed by atoms with Crippen molar-refractivity contribution >= 4 is 36.3 Å². The van der Waals surface area contributed by atoms with Crippen molar-refractivity contribution in [3.05, 3.63) is 18.2 Å². The van der Waals surface area contributed by atoms with Crippen LogP contribution < -0.4 is 16.4 Å². The van der Waals surface area contributed by atoms with Gasteiger partial charge in [0.2, 0.25) is 17.7 Å². The number of thiol groups is 1. The first-order chi connectivity index (χ1) is 14.6. The van der Waals surface area contributed by atoms with E-state index in [9.17, 15) is 24.3 Å². The van der Waals surface area contributed by atoms with Gasteiger partial charge in [-0.3, -0.25) is 14.4 Å². The van der Waals surface area contributed by atoms with Crippen LogP contribution in [0.3, 0.4) is 0 Å². The SMILES string of the molecule is CC(C)C(NC(=O)C(N)Cc1cnc[nH]1)C(=O)NC(CS)C(=O)N1CCCC1C(=O)O. The van der Waals surface area contributed by atoms with E-state index in [2.05, 4.69) is 33.2 Å². The summed E-state index contributed by atoms with van der Waals surface area (Å²) in [6, 6.07) is -3.73. The summed E-state index contributed by atoms with van der Waals surface area (Å²) in [5.41, 5.74) is 6.63. The highest BCUT2D eigenvalue weighted by Crippen LogP contribution is 2.19. The van der Waals surface area contributed by atoms with Gasteiger partial charge >= 0.3 is 5.97 Å². The molecule has 1 aromatic rings. The molecule has 4 atom stereocenters. The molecule has 3 amide bonds. The summed E-state index contributed by atoms with van der Waals surface area (Å²) in [4.78, 5) is 57.5. The number of carbonyl (C=O) groups is 4. The zero-order valence-electron chi connectivity index (χ0n) is 17.6. The van der Waals surface area contributed by atoms with Crippen LogP contribution in [0.4, 0.5) is 0 Å². The molecule has 172 valence electrons. The van der Waals surface area contributed by atoms with Crippen molar-refractivity contribution in [2.24, 2.45) is 11.7 Å². The van der Waals surface area contributed by atoms with Crippen molar-refractivity contribution in [3.63, 3.8) is 0 Å². The van der Waals surface area contributed by atoms with E-state index in [0.717, 1.165) is 0 Å². The van der Waals surface area contributed by atoms with E-state index in [1.54, 1.807) is 20.0 Å². The largest absolute Gasteiger partial charge is 0.480 e. The molecule has 1 fully saturated rings. The number of nitrogens with zero attached hydrogens (tertiary/aromatic N) is 2. The molecule has 0 aromatic carbocycles. The number of rotatable bonds is 10. The van der Waals surface area contributed by atoms with Crippen molar-refractivity contribution in [2.75, 3.05) is 12.3 Å². The third-order valence-electron chi connectivity index (χ3n) is 5.20. The second kappa shape index (κ2) is 11.1. The number of hydrogen-bond donors (Lipinski definition) is 6. The van der Waals surface area contributed by atoms with Crippen LogP contribution in [0.1, 0.15) is 32.4 Å². The molecule has 1 aliphatic rings. The summed E-state index contributed by atoms with van der Waals surface area (Å²) in [5, 5.41) is 14.5. The molecular formula is C19H30N6O5S. The Labute approximate surface area is 185 Å². The van der Waals surface area contributed by atoms with Gasteiger partial charge in [0.15, 0.2) is 0 Å². The average Bonchev–Trinajstić information content (AvgIpc) is 3.40. The first-order valence-corrected chi connectivity index (χ1v) is 10.8. The number of hydrogen-bond acceptors (Lipinski definition) is 7. The second-order valence-electron chi connectivity index (χ2n) is 7.89. The summed E-state index contributed by atoms with van der Waals surface area (Å²) >= 11 is 4.15. The Morgan fingerprint density at radius 2 is 2.03 bits per heavy atom. The van der Waals surface area contributed by atoms with E-state index in [1.165, 1.54) is 11.2 Å². The minimum Gasteiger partial charge on any atom is -0.480 e. The van der Waals surface area contributed by atoms with Crippen LogP contribution in [-0.4, -0.2) is 80.1 Å². The number of amides is 3. The van der Waals surface area contributed by atoms with Gasteiger partial charge in [0.05, 0.1) is 12.4 Å². The van der Waals surface area contributed by atoms with E-state index >= 15 is 0 Å². The molecule has 1 aliphatic heterocycles. The third-order valence-corrected chi connectivity index (χ3v) is 5.56. The summed E-state index contributed by atoms with van der Waals surface area (Å²) in [7, 11) is 0. The highest BCUT2D eigenvalue weighted by atomic mass is 32.1. The fourth-order valence-corrected chi connectivity index (χ4v) is 3.70. The van der Waals surface area contributed by atoms with Crippen molar-refractivity contribution in [2.45, 2.75) is 57.3 Å². The summed E-state index contributed by atoms with van der Waals surface area (Å²) in [6.07, 6.45) is 4.21. The maximum atomic E-state index is 12.9. The van der Waals surface area contributed by atoms with Crippen LogP contribution in [0.2, 0.25) is 0 Å². The normalized spacial score (nSPS) is 19.0. The highest BCUT2D eigenvalue weighted by Gasteiger charge is 2.38. The quantitative estimate of drug-likeness (QED) is 0.244. The summed E-state index contributed by atoms with van der Waals surface area (Å²) in [6.45, 7) is 3.82. The lowest BCUT2D eigenvalue weighted by Crippen LogP contribution is -2.59. The van der Waals surface area contributed by atoms with Gasteiger partial charge in [0, 0.05) is 30.6 Å². The van der Waals surface area contributed by atoms with Crippen molar-refractivity contribution in [1.82, 2.24) is 25.5 Å². The first kappa shape index (κ1) is 24.7. The number of nitrogens with two attached hydrogens (primary N) is 1. The van der Waals surface area contributed by atoms with E-state index in [4.69, 9.17) is 5.73 Å². The first-order valence-electron chi connectivity index (χ1n) is 10.1. The van der Waals surface area contributed by atoms with E-state index in [0.29, 0.717) is 25.1 Å². The predicted molar refractivity (Wildman–Crippen MR) is 115 cm³/mol. The molecular weight excluding hydrogens is 424 g/mol. The molecule has 0 saturated carbocycles. The van der Waals surface area contributed by atoms with Crippen LogP contribution in [0.15, 0.2) is 12.5 Å². The maximum absolute atomic E-state index is 12.9. The Morgan fingerprint density at radius 1 is 1.32 bits per heavy atom. The Morgan fingerprint density at radius 3 is 2.58 bits per heavy atom. The van der Waals surface area contributed by atoms with Crippen molar-refractivity contribution in [3.8, 4) is 0 Å². The lowest BCUT2D eigenvalue weighted by Gasteiger charge is -2.29. The number of H-pyrrole nitrogens is 1. The van der Waals surface area contributed by atoms with Gasteiger partial charge < -0.3 is 31.4 Å². The molecule has 31 heavy (non-hydrogen) atoms. The fourth-order valence-electron chi connectivity index (χ4n) is 3.46. The van der Waals surface area contributed by atoms with Gasteiger partial charge in [0.1, 0.15) is 18.1 Å². The van der Waals surface area contributed by atoms with E-state index < -0.39 is 47.9 Å². The number of nitrogens with one attached hydrogen (secondary N) is 3. The summed E-state index contributed by atoms with van der Waals surface area (Å²) in [5.74, 6) is -2.94. The lowest BCUT2D eigenvalue weighted by atomic mass is 10.0. The third kappa shape index (κ3) is 6.44. The standard InChI is InChI=1S/C19H30N6O5S/c1-10(2)15(24-16(26)12(20)6-11-7-21-9-22-11)17(27)23-13(8-31)18(28)25-5-3-4-14(25)19(29)30/h7,9-10,12-15,31H,3-6,8,20H2,1-2H3,(H,21,22)(H,23,27)(H,24,26)(H,29,30). The highest BCUT2D eigenvalue weighted by molar-refractivity contribution is 7.80. The van der Waals surface area contributed by atoms with Gasteiger partial charge in [-0.15, -0.1) is 0 Å². The number of likely N-dealkylation sites (tertiary alicyclic amines) is 1. The average molecular weight is 455 g/mol. The van der Waals surface area contributed by atoms with Gasteiger partial charge in [-0.2, -0.15) is 12.6 Å². The number of carbonyl (C=O) groups excluding carboxylic acids is 3. The molecule has 6 N–H and O–H groups in total. The Hall–Kier alpha value is -2.60. The molecule has 11 nitrogen and oxygen atoms in total. The Kier molecular flexibility index (Phi) is 8.87. The number of carboxylic acids is 1. The second-order valence-corrected chi connectivity index (χ2v) is 8.25. The van der Waals surface area contributed by atoms with Gasteiger partial charge in [-0.25, -0.2) is 9.78 Å². The molecule has 0 aliphatic carbocycles. The fraction of sp³-hybridized carbons (Fsp3) is 0.632. The van der Waals surface area contributed by atoms with Gasteiger partial charge in [-0.05, 0) is 18.8 Å². The number of imidazole rings is 1. The molecule has 0 spiro atoms. The molecule has 4 unspecified atom stereocenters. The van der Waals surface area contributed by atoms with E-state index in [-0.39, 0.29) is 18.1 Å². The van der Waals surface area contributed by atoms with Crippen molar-refractivity contribution < 1.29 is 24.3 Å². The van der Waals surface area contributed by atoms with Crippen LogP contribution in [0.25, 0.3) is 0 Å². The smallest absolute Gasteiger partial charge is 0.326 e. The van der Waals surface area contributed by atoms with Gasteiger partial charge in [0.25, 0.3) is 0 Å². The van der Waals surface area contributed by atoms with Crippen LogP contribution >= 0.6 is 12.6 Å². The number of aliphatic carboxylic acids is 1. The van der Waals surface area contributed by atoms with Crippen molar-refractivity contribution in [1.29, 1.82) is 0 Å².